The summed E-state index contributed by atoms with van der Waals surface area (Å²) in [5.41, 5.74) is 8.72. The van der Waals surface area contributed by atoms with Crippen molar-refractivity contribution < 1.29 is 0 Å². The number of hydrogen-bond acceptors (Lipinski definition) is 7. The van der Waals surface area contributed by atoms with Crippen LogP contribution in [0.25, 0.3) is 0 Å². The number of likely N-dealkylation sites (N-methyl/N-ethyl adjacent to an activating group) is 1. The van der Waals surface area contributed by atoms with Crippen molar-refractivity contribution in [3.63, 3.8) is 0 Å². The Morgan fingerprint density at radius 3 is 2.89 bits per heavy atom. The van der Waals surface area contributed by atoms with E-state index in [2.05, 4.69) is 34.6 Å². The number of nitriles is 1. The van der Waals surface area contributed by atoms with Crippen LogP contribution in [0.3, 0.4) is 0 Å². The second-order valence-electron chi connectivity index (χ2n) is 7.30. The van der Waals surface area contributed by atoms with Crippen LogP contribution in [0, 0.1) is 11.3 Å². The van der Waals surface area contributed by atoms with E-state index < -0.39 is 0 Å². The molecule has 3 rings (SSSR count). The number of nitrogens with zero attached hydrogens (tertiary/aromatic N) is 4. The molecule has 2 aromatic rings. The summed E-state index contributed by atoms with van der Waals surface area (Å²) in [6.07, 6.45) is 5.46. The third-order valence-corrected chi connectivity index (χ3v) is 5.05. The van der Waals surface area contributed by atoms with Crippen molar-refractivity contribution in [2.24, 2.45) is 0 Å². The smallest absolute Gasteiger partial charge is 0.229 e. The molecule has 0 amide bonds. The maximum atomic E-state index is 9.18. The second kappa shape index (κ2) is 9.38. The van der Waals surface area contributed by atoms with Gasteiger partial charge in [0, 0.05) is 42.3 Å². The molecule has 0 spiro atoms. The van der Waals surface area contributed by atoms with E-state index in [0.29, 0.717) is 23.2 Å². The first kappa shape index (κ1) is 19.9. The third kappa shape index (κ3) is 5.11. The van der Waals surface area contributed by atoms with E-state index in [1.54, 1.807) is 18.2 Å². The Hall–Kier alpha value is -2.85. The number of piperidine rings is 1. The summed E-state index contributed by atoms with van der Waals surface area (Å²) < 4.78 is 0. The highest BCUT2D eigenvalue weighted by molar-refractivity contribution is 5.64. The molecule has 1 fully saturated rings. The lowest BCUT2D eigenvalue weighted by Crippen LogP contribution is -2.44. The molecule has 1 saturated heterocycles. The first-order chi connectivity index (χ1) is 13.6. The highest BCUT2D eigenvalue weighted by Gasteiger charge is 2.20. The summed E-state index contributed by atoms with van der Waals surface area (Å²) in [4.78, 5) is 11.8. The fraction of sp³-hybridized carbons (Fsp3) is 0.476. The van der Waals surface area contributed by atoms with Crippen LogP contribution in [0.1, 0.15) is 43.9 Å². The Morgan fingerprint density at radius 1 is 1.29 bits per heavy atom. The molecule has 1 aliphatic rings. The minimum Gasteiger partial charge on any atom is -0.399 e. The largest absolute Gasteiger partial charge is 0.399 e. The van der Waals surface area contributed by atoms with Gasteiger partial charge in [0.15, 0.2) is 0 Å². The highest BCUT2D eigenvalue weighted by Crippen LogP contribution is 2.24. The lowest BCUT2D eigenvalue weighted by atomic mass is 10.1. The molecule has 7 nitrogen and oxygen atoms in total. The van der Waals surface area contributed by atoms with Gasteiger partial charge in [0.2, 0.25) is 5.95 Å². The first-order valence-corrected chi connectivity index (χ1v) is 9.99. The Kier molecular flexibility index (Phi) is 6.66. The van der Waals surface area contributed by atoms with Crippen LogP contribution in [0.5, 0.6) is 0 Å². The molecule has 0 saturated carbocycles. The Bertz CT molecular complexity index is 843. The zero-order valence-electron chi connectivity index (χ0n) is 16.7. The van der Waals surface area contributed by atoms with Crippen LogP contribution in [0.2, 0.25) is 0 Å². The molecule has 2 heterocycles. The van der Waals surface area contributed by atoms with Crippen LogP contribution in [-0.4, -0.2) is 36.1 Å². The summed E-state index contributed by atoms with van der Waals surface area (Å²) >= 11 is 0. The molecule has 1 unspecified atom stereocenters. The van der Waals surface area contributed by atoms with Crippen molar-refractivity contribution in [1.82, 2.24) is 15.3 Å². The molecule has 7 heteroatoms. The number of benzene rings is 1. The maximum absolute atomic E-state index is 9.18. The van der Waals surface area contributed by atoms with Crippen molar-refractivity contribution in [3.05, 3.63) is 35.5 Å². The average Bonchev–Trinajstić information content (AvgIpc) is 2.71. The first-order valence-electron chi connectivity index (χ1n) is 9.99. The number of hydrogen-bond donors (Lipinski definition) is 3. The molecule has 28 heavy (non-hydrogen) atoms. The van der Waals surface area contributed by atoms with Gasteiger partial charge in [0.25, 0.3) is 0 Å². The van der Waals surface area contributed by atoms with Crippen LogP contribution in [0.4, 0.5) is 23.1 Å². The van der Waals surface area contributed by atoms with Gasteiger partial charge < -0.3 is 21.3 Å². The van der Waals surface area contributed by atoms with Crippen molar-refractivity contribution in [2.75, 3.05) is 36.1 Å². The molecule has 1 aromatic heterocycles. The van der Waals surface area contributed by atoms with Gasteiger partial charge in [-0.15, -0.1) is 0 Å². The van der Waals surface area contributed by atoms with Gasteiger partial charge in [-0.3, -0.25) is 0 Å². The summed E-state index contributed by atoms with van der Waals surface area (Å²) in [5, 5.41) is 15.8. The lowest BCUT2D eigenvalue weighted by Gasteiger charge is -2.33. The monoisotopic (exact) mass is 379 g/mol. The fourth-order valence-electron chi connectivity index (χ4n) is 3.53. The minimum absolute atomic E-state index is 0.478. The quantitative estimate of drug-likeness (QED) is 0.635. The van der Waals surface area contributed by atoms with Crippen molar-refractivity contribution in [2.45, 2.75) is 45.1 Å². The van der Waals surface area contributed by atoms with Gasteiger partial charge in [-0.25, -0.2) is 4.98 Å². The van der Waals surface area contributed by atoms with E-state index in [4.69, 9.17) is 15.7 Å². The molecule has 0 bridgehead atoms. The molecule has 0 aliphatic carbocycles. The zero-order valence-corrected chi connectivity index (χ0v) is 16.7. The van der Waals surface area contributed by atoms with E-state index in [9.17, 15) is 5.26 Å². The number of unbranched alkanes of at least 4 members (excludes halogenated alkanes) is 1. The molecule has 0 radical (unpaired) electrons. The predicted octanol–water partition coefficient (Wildman–Crippen LogP) is 3.20. The zero-order chi connectivity index (χ0) is 19.9. The van der Waals surface area contributed by atoms with Gasteiger partial charge in [0.05, 0.1) is 11.6 Å². The van der Waals surface area contributed by atoms with Crippen molar-refractivity contribution >= 4 is 23.1 Å². The van der Waals surface area contributed by atoms with E-state index in [1.165, 1.54) is 6.42 Å². The van der Waals surface area contributed by atoms with Gasteiger partial charge in [-0.2, -0.15) is 10.2 Å². The van der Waals surface area contributed by atoms with Gasteiger partial charge in [0.1, 0.15) is 5.82 Å². The number of nitrogens with one attached hydrogen (secondary N) is 2. The Morgan fingerprint density at radius 2 is 2.14 bits per heavy atom. The SMILES string of the molecule is CCCCc1cc(N2CCCC(NC)C2)nc(Nc2cc(N)cc(C#N)c2)n1. The van der Waals surface area contributed by atoms with Crippen molar-refractivity contribution in [3.8, 4) is 6.07 Å². The minimum atomic E-state index is 0.478. The van der Waals surface area contributed by atoms with Crippen molar-refractivity contribution in [1.29, 1.82) is 5.26 Å². The van der Waals surface area contributed by atoms with Crippen LogP contribution >= 0.6 is 0 Å². The normalized spacial score (nSPS) is 16.6. The van der Waals surface area contributed by atoms with E-state index in [-0.39, 0.29) is 0 Å². The molecule has 148 valence electrons. The molecular formula is C21H29N7. The number of aryl methyl sites for hydroxylation is 1. The summed E-state index contributed by atoms with van der Waals surface area (Å²) in [6, 6.07) is 9.93. The lowest BCUT2D eigenvalue weighted by molar-refractivity contribution is 0.447. The van der Waals surface area contributed by atoms with Crippen LogP contribution < -0.4 is 21.3 Å². The summed E-state index contributed by atoms with van der Waals surface area (Å²) in [7, 11) is 2.01. The second-order valence-corrected chi connectivity index (χ2v) is 7.30. The highest BCUT2D eigenvalue weighted by atomic mass is 15.2. The van der Waals surface area contributed by atoms with Crippen LogP contribution in [0.15, 0.2) is 24.3 Å². The van der Waals surface area contributed by atoms with Gasteiger partial charge >= 0.3 is 0 Å². The van der Waals surface area contributed by atoms with E-state index in [1.807, 2.05) is 7.05 Å². The average molecular weight is 380 g/mol. The predicted molar refractivity (Wildman–Crippen MR) is 114 cm³/mol. The van der Waals surface area contributed by atoms with Gasteiger partial charge in [-0.1, -0.05) is 13.3 Å². The Balaban J connectivity index is 1.89. The number of rotatable bonds is 7. The topological polar surface area (TPSA) is 103 Å². The summed E-state index contributed by atoms with van der Waals surface area (Å²) in [5.74, 6) is 1.50. The molecule has 1 atom stereocenters. The van der Waals surface area contributed by atoms with Crippen LogP contribution in [-0.2, 0) is 6.42 Å². The standard InChI is InChI=1S/C21H29N7/c1-3-4-6-17-12-20(28-8-5-7-18(14-28)24-2)27-21(25-17)26-19-10-15(13-22)9-16(23)11-19/h9-12,18,24H,3-8,14,23H2,1-2H3,(H,25,26,27). The molecular weight excluding hydrogens is 350 g/mol. The summed E-state index contributed by atoms with van der Waals surface area (Å²) in [6.45, 7) is 4.12. The molecule has 4 N–H and O–H groups in total. The fourth-order valence-corrected chi connectivity index (χ4v) is 3.53. The Labute approximate surface area is 167 Å². The van der Waals surface area contributed by atoms with Gasteiger partial charge in [-0.05, 0) is 50.9 Å². The molecule has 1 aliphatic heterocycles. The van der Waals surface area contributed by atoms with E-state index in [0.717, 1.165) is 56.0 Å². The van der Waals surface area contributed by atoms with E-state index >= 15 is 0 Å². The number of nitrogens with two attached hydrogens (primary N) is 1. The third-order valence-electron chi connectivity index (χ3n) is 5.05. The maximum Gasteiger partial charge on any atom is 0.229 e. The molecule has 1 aromatic carbocycles. The number of anilines is 4. The number of nitrogen functional groups attached to an aromatic ring is 1. The number of aromatic nitrogens is 2.